The van der Waals surface area contributed by atoms with Crippen LogP contribution in [0.25, 0.3) is 0 Å². The summed E-state index contributed by atoms with van der Waals surface area (Å²) < 4.78 is 0. The van der Waals surface area contributed by atoms with Crippen molar-refractivity contribution >= 4 is 0 Å². The first-order valence-electron chi connectivity index (χ1n) is 8.20. The lowest BCUT2D eigenvalue weighted by molar-refractivity contribution is 0.419. The van der Waals surface area contributed by atoms with E-state index in [2.05, 4.69) is 61.5 Å². The molecule has 1 saturated carbocycles. The Morgan fingerprint density at radius 1 is 0.952 bits per heavy atom. The number of rotatable bonds is 5. The predicted octanol–water partition coefficient (Wildman–Crippen LogP) is 5.15. The SMILES string of the molecule is CCC(c1ccccc1)C(N)c1ccc(C2CCC2)cc1. The molecule has 2 atom stereocenters. The number of hydrogen-bond donors (Lipinski definition) is 1. The third-order valence-corrected chi connectivity index (χ3v) is 5.00. The quantitative estimate of drug-likeness (QED) is 0.805. The Kier molecular flexibility index (Phi) is 4.40. The molecule has 1 fully saturated rings. The van der Waals surface area contributed by atoms with Gasteiger partial charge in [0.2, 0.25) is 0 Å². The highest BCUT2D eigenvalue weighted by atomic mass is 14.7. The van der Waals surface area contributed by atoms with Gasteiger partial charge in [0.1, 0.15) is 0 Å². The van der Waals surface area contributed by atoms with Gasteiger partial charge in [0.15, 0.2) is 0 Å². The van der Waals surface area contributed by atoms with Gasteiger partial charge >= 0.3 is 0 Å². The van der Waals surface area contributed by atoms with Crippen molar-refractivity contribution in [3.8, 4) is 0 Å². The van der Waals surface area contributed by atoms with Crippen molar-refractivity contribution in [1.29, 1.82) is 0 Å². The Labute approximate surface area is 128 Å². The zero-order valence-electron chi connectivity index (χ0n) is 12.8. The third kappa shape index (κ3) is 3.03. The van der Waals surface area contributed by atoms with Gasteiger partial charge in [-0.25, -0.2) is 0 Å². The van der Waals surface area contributed by atoms with Crippen molar-refractivity contribution < 1.29 is 0 Å². The lowest BCUT2D eigenvalue weighted by Gasteiger charge is -2.27. The smallest absolute Gasteiger partial charge is 0.0364 e. The summed E-state index contributed by atoms with van der Waals surface area (Å²) in [4.78, 5) is 0. The van der Waals surface area contributed by atoms with Crippen LogP contribution in [0.4, 0.5) is 0 Å². The van der Waals surface area contributed by atoms with Crippen LogP contribution in [-0.4, -0.2) is 0 Å². The fourth-order valence-electron chi connectivity index (χ4n) is 3.36. The molecular formula is C20H25N. The fourth-order valence-corrected chi connectivity index (χ4v) is 3.36. The third-order valence-electron chi connectivity index (χ3n) is 5.00. The van der Waals surface area contributed by atoms with Crippen molar-refractivity contribution in [2.75, 3.05) is 0 Å². The molecule has 0 bridgehead atoms. The largest absolute Gasteiger partial charge is 0.323 e. The van der Waals surface area contributed by atoms with E-state index in [9.17, 15) is 0 Å². The molecule has 3 rings (SSSR count). The van der Waals surface area contributed by atoms with Gasteiger partial charge < -0.3 is 5.73 Å². The number of benzene rings is 2. The van der Waals surface area contributed by atoms with Crippen LogP contribution in [0, 0.1) is 0 Å². The molecule has 0 saturated heterocycles. The minimum absolute atomic E-state index is 0.0767. The summed E-state index contributed by atoms with van der Waals surface area (Å²) in [5.41, 5.74) is 10.6. The maximum Gasteiger partial charge on any atom is 0.0364 e. The highest BCUT2D eigenvalue weighted by Gasteiger charge is 2.22. The first-order valence-corrected chi connectivity index (χ1v) is 8.20. The van der Waals surface area contributed by atoms with Crippen LogP contribution >= 0.6 is 0 Å². The first-order chi connectivity index (χ1) is 10.3. The van der Waals surface area contributed by atoms with Gasteiger partial charge in [-0.2, -0.15) is 0 Å². The molecule has 1 aliphatic carbocycles. The minimum atomic E-state index is 0.0767. The molecule has 1 nitrogen and oxygen atoms in total. The van der Waals surface area contributed by atoms with E-state index < -0.39 is 0 Å². The van der Waals surface area contributed by atoms with Crippen LogP contribution in [0.2, 0.25) is 0 Å². The molecule has 1 aliphatic rings. The summed E-state index contributed by atoms with van der Waals surface area (Å²) in [5.74, 6) is 1.19. The van der Waals surface area contributed by atoms with Crippen LogP contribution < -0.4 is 5.73 Å². The van der Waals surface area contributed by atoms with Crippen LogP contribution in [0.1, 0.15) is 67.2 Å². The van der Waals surface area contributed by atoms with E-state index in [0.717, 1.165) is 12.3 Å². The molecule has 0 aliphatic heterocycles. The van der Waals surface area contributed by atoms with Crippen molar-refractivity contribution in [3.63, 3.8) is 0 Å². The average molecular weight is 279 g/mol. The monoisotopic (exact) mass is 279 g/mol. The van der Waals surface area contributed by atoms with E-state index >= 15 is 0 Å². The molecule has 2 aromatic carbocycles. The highest BCUT2D eigenvalue weighted by molar-refractivity contribution is 5.31. The Balaban J connectivity index is 1.78. The van der Waals surface area contributed by atoms with Crippen molar-refractivity contribution in [3.05, 3.63) is 71.3 Å². The average Bonchev–Trinajstić information content (AvgIpc) is 2.48. The summed E-state index contributed by atoms with van der Waals surface area (Å²) in [6, 6.07) is 19.8. The molecular weight excluding hydrogens is 254 g/mol. The van der Waals surface area contributed by atoms with Gasteiger partial charge in [-0.15, -0.1) is 0 Å². The second kappa shape index (κ2) is 6.44. The molecule has 0 aromatic heterocycles. The molecule has 0 spiro atoms. The number of nitrogens with two attached hydrogens (primary N) is 1. The summed E-state index contributed by atoms with van der Waals surface area (Å²) in [6.45, 7) is 2.22. The lowest BCUT2D eigenvalue weighted by atomic mass is 9.79. The lowest BCUT2D eigenvalue weighted by Crippen LogP contribution is -2.19. The molecule has 0 radical (unpaired) electrons. The van der Waals surface area contributed by atoms with Crippen LogP contribution in [0.15, 0.2) is 54.6 Å². The van der Waals surface area contributed by atoms with E-state index in [0.29, 0.717) is 5.92 Å². The van der Waals surface area contributed by atoms with Gasteiger partial charge in [0, 0.05) is 12.0 Å². The standard InChI is InChI=1S/C20H25N/c1-2-19(17-7-4-3-5-8-17)20(21)18-13-11-16(12-14-18)15-9-6-10-15/h3-5,7-8,11-15,19-20H,2,6,9-10,21H2,1H3. The Hall–Kier alpha value is -1.60. The first kappa shape index (κ1) is 14.3. The zero-order valence-corrected chi connectivity index (χ0v) is 12.8. The van der Waals surface area contributed by atoms with Gasteiger partial charge in [-0.3, -0.25) is 0 Å². The van der Waals surface area contributed by atoms with Crippen molar-refractivity contribution in [1.82, 2.24) is 0 Å². The van der Waals surface area contributed by atoms with E-state index in [1.165, 1.54) is 36.0 Å². The molecule has 2 unspecified atom stereocenters. The number of hydrogen-bond acceptors (Lipinski definition) is 1. The molecule has 0 amide bonds. The maximum absolute atomic E-state index is 6.55. The normalized spacial score (nSPS) is 18.0. The molecule has 0 heterocycles. The van der Waals surface area contributed by atoms with Crippen molar-refractivity contribution in [2.45, 2.75) is 50.5 Å². The van der Waals surface area contributed by atoms with Gasteiger partial charge in [-0.05, 0) is 41.9 Å². The van der Waals surface area contributed by atoms with E-state index in [4.69, 9.17) is 5.73 Å². The topological polar surface area (TPSA) is 26.0 Å². The minimum Gasteiger partial charge on any atom is -0.323 e. The molecule has 2 N–H and O–H groups in total. The predicted molar refractivity (Wildman–Crippen MR) is 89.4 cm³/mol. The van der Waals surface area contributed by atoms with E-state index in [1.54, 1.807) is 0 Å². The van der Waals surface area contributed by atoms with Crippen LogP contribution in [0.5, 0.6) is 0 Å². The summed E-state index contributed by atoms with van der Waals surface area (Å²) in [6.07, 6.45) is 5.16. The second-order valence-electron chi connectivity index (χ2n) is 6.25. The zero-order chi connectivity index (χ0) is 14.7. The summed E-state index contributed by atoms with van der Waals surface area (Å²) in [5, 5.41) is 0. The van der Waals surface area contributed by atoms with Crippen LogP contribution in [0.3, 0.4) is 0 Å². The summed E-state index contributed by atoms with van der Waals surface area (Å²) >= 11 is 0. The highest BCUT2D eigenvalue weighted by Crippen LogP contribution is 2.37. The second-order valence-corrected chi connectivity index (χ2v) is 6.25. The van der Waals surface area contributed by atoms with Gasteiger partial charge in [0.05, 0.1) is 0 Å². The Bertz CT molecular complexity index is 554. The molecule has 2 aromatic rings. The Morgan fingerprint density at radius 3 is 2.14 bits per heavy atom. The molecule has 21 heavy (non-hydrogen) atoms. The fraction of sp³-hybridized carbons (Fsp3) is 0.400. The van der Waals surface area contributed by atoms with Crippen molar-refractivity contribution in [2.24, 2.45) is 5.73 Å². The Morgan fingerprint density at radius 2 is 1.62 bits per heavy atom. The molecule has 110 valence electrons. The van der Waals surface area contributed by atoms with Crippen LogP contribution in [-0.2, 0) is 0 Å². The van der Waals surface area contributed by atoms with Gasteiger partial charge in [0.25, 0.3) is 0 Å². The van der Waals surface area contributed by atoms with E-state index in [1.807, 2.05) is 0 Å². The van der Waals surface area contributed by atoms with Gasteiger partial charge in [-0.1, -0.05) is 67.9 Å². The molecule has 1 heteroatoms. The maximum atomic E-state index is 6.55. The van der Waals surface area contributed by atoms with E-state index in [-0.39, 0.29) is 6.04 Å². The summed E-state index contributed by atoms with van der Waals surface area (Å²) in [7, 11) is 0.